The molecular weight excluding hydrogens is 304 g/mol. The van der Waals surface area contributed by atoms with Crippen molar-refractivity contribution in [1.82, 2.24) is 15.3 Å². The number of rotatable bonds is 3. The number of H-pyrrole nitrogens is 1. The van der Waals surface area contributed by atoms with Crippen LogP contribution in [-0.4, -0.2) is 35.0 Å². The number of fused-ring (bicyclic) bond motifs is 2. The van der Waals surface area contributed by atoms with Gasteiger partial charge in [-0.1, -0.05) is 12.2 Å². The lowest BCUT2D eigenvalue weighted by Crippen LogP contribution is -2.47. The summed E-state index contributed by atoms with van der Waals surface area (Å²) in [5.74, 6) is 2.12. The highest BCUT2D eigenvalue weighted by atomic mass is 16.2. The predicted molar refractivity (Wildman–Crippen MR) is 91.8 cm³/mol. The van der Waals surface area contributed by atoms with Crippen LogP contribution >= 0.6 is 0 Å². The van der Waals surface area contributed by atoms with Gasteiger partial charge in [0.15, 0.2) is 0 Å². The second-order valence-corrected chi connectivity index (χ2v) is 7.37. The zero-order valence-electron chi connectivity index (χ0n) is 14.0. The number of amides is 1. The van der Waals surface area contributed by atoms with E-state index in [-0.39, 0.29) is 23.4 Å². The number of carbonyl (C=O) groups is 1. The maximum atomic E-state index is 12.5. The van der Waals surface area contributed by atoms with Gasteiger partial charge in [0, 0.05) is 36.8 Å². The fourth-order valence-electron chi connectivity index (χ4n) is 4.34. The van der Waals surface area contributed by atoms with Crippen LogP contribution in [0.3, 0.4) is 0 Å². The molecule has 2 aliphatic carbocycles. The summed E-state index contributed by atoms with van der Waals surface area (Å²) in [5, 5.41) is 3.25. The maximum absolute atomic E-state index is 12.5. The van der Waals surface area contributed by atoms with Gasteiger partial charge in [-0.05, 0) is 44.4 Å². The number of hydrogen-bond donors (Lipinski definition) is 2. The first-order chi connectivity index (χ1) is 11.6. The molecule has 1 aromatic heterocycles. The molecule has 24 heavy (non-hydrogen) atoms. The van der Waals surface area contributed by atoms with Crippen LogP contribution in [0, 0.1) is 24.7 Å². The van der Waals surface area contributed by atoms with Crippen LogP contribution in [0.2, 0.25) is 0 Å². The fourth-order valence-corrected chi connectivity index (χ4v) is 4.34. The molecule has 3 atom stereocenters. The summed E-state index contributed by atoms with van der Waals surface area (Å²) < 4.78 is 0. The van der Waals surface area contributed by atoms with Crippen LogP contribution in [0.15, 0.2) is 23.0 Å². The van der Waals surface area contributed by atoms with E-state index in [0.717, 1.165) is 44.5 Å². The van der Waals surface area contributed by atoms with Gasteiger partial charge in [0.25, 0.3) is 5.56 Å². The van der Waals surface area contributed by atoms with Crippen molar-refractivity contribution in [2.45, 2.75) is 38.6 Å². The number of aryl methyl sites for hydroxylation is 1. The van der Waals surface area contributed by atoms with Crippen LogP contribution in [0.1, 0.15) is 31.4 Å². The first-order valence-corrected chi connectivity index (χ1v) is 8.90. The van der Waals surface area contributed by atoms with E-state index in [1.807, 2.05) is 6.92 Å². The van der Waals surface area contributed by atoms with Gasteiger partial charge >= 0.3 is 0 Å². The Kier molecular flexibility index (Phi) is 3.90. The molecule has 3 aliphatic rings. The van der Waals surface area contributed by atoms with Gasteiger partial charge in [0.1, 0.15) is 0 Å². The van der Waals surface area contributed by atoms with Crippen molar-refractivity contribution in [3.63, 3.8) is 0 Å². The van der Waals surface area contributed by atoms with Crippen LogP contribution in [0.25, 0.3) is 0 Å². The number of aromatic nitrogens is 2. The second kappa shape index (κ2) is 6.07. The molecule has 6 heteroatoms. The lowest BCUT2D eigenvalue weighted by atomic mass is 9.92. The quantitative estimate of drug-likeness (QED) is 0.822. The number of aromatic amines is 1. The minimum atomic E-state index is -0.114. The molecule has 1 aliphatic heterocycles. The lowest BCUT2D eigenvalue weighted by Gasteiger charge is -2.33. The van der Waals surface area contributed by atoms with Crippen molar-refractivity contribution in [2.75, 3.05) is 18.0 Å². The average molecular weight is 328 g/mol. The summed E-state index contributed by atoms with van der Waals surface area (Å²) in [6.07, 6.45) is 8.44. The van der Waals surface area contributed by atoms with E-state index in [1.54, 1.807) is 0 Å². The molecule has 2 bridgehead atoms. The van der Waals surface area contributed by atoms with Gasteiger partial charge in [-0.3, -0.25) is 14.6 Å². The number of anilines is 1. The Hall–Kier alpha value is -2.11. The first kappa shape index (κ1) is 15.4. The van der Waals surface area contributed by atoms with Gasteiger partial charge in [-0.2, -0.15) is 0 Å². The number of allylic oxidation sites excluding steroid dienone is 2. The summed E-state index contributed by atoms with van der Waals surface area (Å²) in [5.41, 5.74) is 0.616. The lowest BCUT2D eigenvalue weighted by molar-refractivity contribution is -0.126. The molecule has 2 heterocycles. The molecule has 0 spiro atoms. The van der Waals surface area contributed by atoms with Gasteiger partial charge in [-0.25, -0.2) is 4.98 Å². The number of nitrogens with zero attached hydrogens (tertiary/aromatic N) is 2. The van der Waals surface area contributed by atoms with Gasteiger partial charge in [0.2, 0.25) is 11.9 Å². The van der Waals surface area contributed by atoms with Gasteiger partial charge in [-0.15, -0.1) is 0 Å². The third-order valence-electron chi connectivity index (χ3n) is 5.61. The average Bonchev–Trinajstić information content (AvgIpc) is 3.17. The Bertz CT molecular complexity index is 718. The molecule has 1 saturated carbocycles. The van der Waals surface area contributed by atoms with E-state index in [1.165, 1.54) is 6.07 Å². The minimum Gasteiger partial charge on any atom is -0.353 e. The van der Waals surface area contributed by atoms with Crippen molar-refractivity contribution in [1.29, 1.82) is 0 Å². The Labute approximate surface area is 141 Å². The molecule has 2 fully saturated rings. The van der Waals surface area contributed by atoms with Crippen molar-refractivity contribution < 1.29 is 4.79 Å². The third-order valence-corrected chi connectivity index (χ3v) is 5.61. The number of piperidine rings is 1. The van der Waals surface area contributed by atoms with Crippen molar-refractivity contribution in [3.8, 4) is 0 Å². The molecule has 0 aromatic carbocycles. The van der Waals surface area contributed by atoms with Gasteiger partial charge < -0.3 is 10.2 Å². The van der Waals surface area contributed by atoms with Crippen molar-refractivity contribution >= 4 is 11.9 Å². The first-order valence-electron chi connectivity index (χ1n) is 8.90. The van der Waals surface area contributed by atoms with E-state index in [2.05, 4.69) is 32.3 Å². The highest BCUT2D eigenvalue weighted by molar-refractivity contribution is 5.80. The van der Waals surface area contributed by atoms with Crippen LogP contribution in [0.4, 0.5) is 5.95 Å². The summed E-state index contributed by atoms with van der Waals surface area (Å²) in [6, 6.07) is 1.73. The Morgan fingerprint density at radius 1 is 1.29 bits per heavy atom. The topological polar surface area (TPSA) is 78.1 Å². The SMILES string of the molecule is Cc1cc(=O)[nH]c(N2CCC(NC(=O)C3CC4C=CC3C4)CC2)n1. The van der Waals surface area contributed by atoms with Crippen LogP contribution in [-0.2, 0) is 4.79 Å². The third kappa shape index (κ3) is 2.97. The smallest absolute Gasteiger partial charge is 0.252 e. The number of hydrogen-bond acceptors (Lipinski definition) is 4. The summed E-state index contributed by atoms with van der Waals surface area (Å²) in [7, 11) is 0. The Balaban J connectivity index is 1.32. The summed E-state index contributed by atoms with van der Waals surface area (Å²) in [4.78, 5) is 33.4. The van der Waals surface area contributed by atoms with E-state index < -0.39 is 0 Å². The van der Waals surface area contributed by atoms with Crippen LogP contribution < -0.4 is 15.8 Å². The second-order valence-electron chi connectivity index (χ2n) is 7.37. The number of carbonyl (C=O) groups excluding carboxylic acids is 1. The van der Waals surface area contributed by atoms with E-state index >= 15 is 0 Å². The summed E-state index contributed by atoms with van der Waals surface area (Å²) >= 11 is 0. The highest BCUT2D eigenvalue weighted by Crippen LogP contribution is 2.43. The number of nitrogens with one attached hydrogen (secondary N) is 2. The molecule has 1 saturated heterocycles. The minimum absolute atomic E-state index is 0.114. The predicted octanol–water partition coefficient (Wildman–Crippen LogP) is 1.38. The standard InChI is InChI=1S/C18H24N4O2/c1-11-8-16(23)21-18(19-11)22-6-4-14(5-7-22)20-17(24)15-10-12-2-3-13(15)9-12/h2-3,8,12-15H,4-7,9-10H2,1H3,(H,20,24)(H,19,21,23). The van der Waals surface area contributed by atoms with Crippen molar-refractivity contribution in [2.24, 2.45) is 17.8 Å². The van der Waals surface area contributed by atoms with E-state index in [9.17, 15) is 9.59 Å². The normalized spacial score (nSPS) is 29.2. The van der Waals surface area contributed by atoms with Crippen LogP contribution in [0.5, 0.6) is 0 Å². The fraction of sp³-hybridized carbons (Fsp3) is 0.611. The molecule has 3 unspecified atom stereocenters. The van der Waals surface area contributed by atoms with E-state index in [0.29, 0.717) is 17.8 Å². The molecule has 128 valence electrons. The molecule has 1 amide bonds. The monoisotopic (exact) mass is 328 g/mol. The van der Waals surface area contributed by atoms with E-state index in [4.69, 9.17) is 0 Å². The summed E-state index contributed by atoms with van der Waals surface area (Å²) in [6.45, 7) is 3.43. The Morgan fingerprint density at radius 3 is 2.71 bits per heavy atom. The molecule has 4 rings (SSSR count). The zero-order chi connectivity index (χ0) is 16.7. The molecule has 2 N–H and O–H groups in total. The molecule has 1 aromatic rings. The Morgan fingerprint density at radius 2 is 2.08 bits per heavy atom. The largest absolute Gasteiger partial charge is 0.353 e. The van der Waals surface area contributed by atoms with Gasteiger partial charge in [0.05, 0.1) is 0 Å². The maximum Gasteiger partial charge on any atom is 0.252 e. The zero-order valence-corrected chi connectivity index (χ0v) is 14.0. The molecule has 0 radical (unpaired) electrons. The molecular formula is C18H24N4O2. The molecule has 6 nitrogen and oxygen atoms in total. The van der Waals surface area contributed by atoms with Crippen molar-refractivity contribution in [3.05, 3.63) is 34.3 Å². The highest BCUT2D eigenvalue weighted by Gasteiger charge is 2.40.